The van der Waals surface area contributed by atoms with Crippen molar-refractivity contribution in [1.29, 1.82) is 0 Å². The molecular weight excluding hydrogens is 518 g/mol. The fourth-order valence-electron chi connectivity index (χ4n) is 4.33. The molecule has 8 N–H and O–H groups in total. The van der Waals surface area contributed by atoms with E-state index in [9.17, 15) is 29.1 Å². The van der Waals surface area contributed by atoms with Crippen molar-refractivity contribution >= 4 is 40.6 Å². The minimum absolute atomic E-state index is 0.223. The first-order valence-corrected chi connectivity index (χ1v) is 13.6. The predicted octanol–water partition coefficient (Wildman–Crippen LogP) is 1.53. The van der Waals surface area contributed by atoms with E-state index in [1.165, 1.54) is 0 Å². The summed E-state index contributed by atoms with van der Waals surface area (Å²) in [6.45, 7) is 7.03. The zero-order valence-electron chi connectivity index (χ0n) is 23.4. The number of amides is 3. The first-order valence-electron chi connectivity index (χ1n) is 13.6. The fourth-order valence-corrected chi connectivity index (χ4v) is 4.33. The van der Waals surface area contributed by atoms with Crippen molar-refractivity contribution in [1.82, 2.24) is 20.9 Å². The molecule has 0 aliphatic carbocycles. The molecule has 0 aliphatic heterocycles. The summed E-state index contributed by atoms with van der Waals surface area (Å²) in [7, 11) is 0. The van der Waals surface area contributed by atoms with Crippen molar-refractivity contribution < 1.29 is 34.2 Å². The maximum atomic E-state index is 13.3. The molecule has 1 aromatic carbocycles. The summed E-state index contributed by atoms with van der Waals surface area (Å²) in [6.07, 6.45) is 2.30. The molecular formula is C28H41N5O7. The Bertz CT molecular complexity index is 1200. The van der Waals surface area contributed by atoms with Crippen LogP contribution in [-0.2, 0) is 30.4 Å². The first kappa shape index (κ1) is 32.3. The second-order valence-electron chi connectivity index (χ2n) is 10.2. The molecule has 1 heterocycles. The van der Waals surface area contributed by atoms with Crippen LogP contribution in [0.4, 0.5) is 0 Å². The molecule has 1 aromatic heterocycles. The lowest BCUT2D eigenvalue weighted by atomic mass is 9.96. The minimum Gasteiger partial charge on any atom is -0.481 e. The number of carbonyl (C=O) groups excluding carboxylic acids is 3. The number of hydrogen-bond acceptors (Lipinski definition) is 6. The molecule has 6 unspecified atom stereocenters. The van der Waals surface area contributed by atoms with Gasteiger partial charge in [0.2, 0.25) is 17.7 Å². The number of rotatable bonds is 16. The van der Waals surface area contributed by atoms with Crippen LogP contribution in [0.2, 0.25) is 0 Å². The van der Waals surface area contributed by atoms with Gasteiger partial charge in [-0.15, -0.1) is 0 Å². The lowest BCUT2D eigenvalue weighted by molar-refractivity contribution is -0.144. The van der Waals surface area contributed by atoms with E-state index in [-0.39, 0.29) is 18.8 Å². The molecule has 6 atom stereocenters. The Morgan fingerprint density at radius 2 is 1.48 bits per heavy atom. The number of carboxylic acids is 2. The predicted molar refractivity (Wildman–Crippen MR) is 149 cm³/mol. The van der Waals surface area contributed by atoms with Crippen LogP contribution < -0.4 is 21.7 Å². The molecule has 2 rings (SSSR count). The molecule has 0 saturated heterocycles. The Hall–Kier alpha value is -3.93. The number of benzene rings is 1. The van der Waals surface area contributed by atoms with Crippen LogP contribution in [0.5, 0.6) is 0 Å². The van der Waals surface area contributed by atoms with E-state index in [0.717, 1.165) is 16.5 Å². The summed E-state index contributed by atoms with van der Waals surface area (Å²) in [6, 6.07) is 3.04. The summed E-state index contributed by atoms with van der Waals surface area (Å²) in [5.74, 6) is -5.23. The number of aromatic amines is 1. The van der Waals surface area contributed by atoms with Gasteiger partial charge in [-0.3, -0.25) is 19.2 Å². The number of aliphatic carboxylic acids is 2. The summed E-state index contributed by atoms with van der Waals surface area (Å²) in [5.41, 5.74) is 7.96. The highest BCUT2D eigenvalue weighted by atomic mass is 16.4. The van der Waals surface area contributed by atoms with Gasteiger partial charge in [0.1, 0.15) is 18.1 Å². The zero-order chi connectivity index (χ0) is 30.0. The zero-order valence-corrected chi connectivity index (χ0v) is 23.4. The molecule has 40 heavy (non-hydrogen) atoms. The van der Waals surface area contributed by atoms with Gasteiger partial charge < -0.3 is 36.9 Å². The SMILES string of the molecule is CCC(C)C(NC(=O)C(CCC(=O)O)NC(=O)C(NC(=O)C(N)Cc1c[nH]c2ccccc12)C(C)CC)C(=O)O. The molecule has 0 saturated carbocycles. The second kappa shape index (κ2) is 15.0. The summed E-state index contributed by atoms with van der Waals surface area (Å²) < 4.78 is 0. The van der Waals surface area contributed by atoms with Gasteiger partial charge in [0.05, 0.1) is 6.04 Å². The fraction of sp³-hybridized carbons (Fsp3) is 0.536. The molecule has 3 amide bonds. The van der Waals surface area contributed by atoms with E-state index in [0.29, 0.717) is 12.8 Å². The standard InChI is InChI=1S/C28H41N5O7/c1-5-15(3)23(32-25(36)19(29)13-17-14-30-20-10-8-7-9-18(17)20)27(38)31-21(11-12-22(34)35)26(37)33-24(28(39)40)16(4)6-2/h7-10,14-16,19,21,23-24,30H,5-6,11-13,29H2,1-4H3,(H,31,38)(H,32,36)(H,33,37)(H,34,35)(H,39,40). The van der Waals surface area contributed by atoms with E-state index < -0.39 is 66.2 Å². The van der Waals surface area contributed by atoms with Crippen molar-refractivity contribution in [3.8, 4) is 0 Å². The van der Waals surface area contributed by atoms with Gasteiger partial charge in [0.25, 0.3) is 0 Å². The number of aromatic nitrogens is 1. The molecule has 12 nitrogen and oxygen atoms in total. The number of carboxylic acid groups (broad SMARTS) is 2. The molecule has 0 fully saturated rings. The molecule has 220 valence electrons. The van der Waals surface area contributed by atoms with Gasteiger partial charge in [-0.25, -0.2) is 4.79 Å². The molecule has 0 spiro atoms. The Kier molecular flexibility index (Phi) is 12.1. The van der Waals surface area contributed by atoms with Crippen LogP contribution in [0.1, 0.15) is 58.9 Å². The molecule has 2 aromatic rings. The highest BCUT2D eigenvalue weighted by Crippen LogP contribution is 2.19. The number of nitrogens with one attached hydrogen (secondary N) is 4. The number of fused-ring (bicyclic) bond motifs is 1. The van der Waals surface area contributed by atoms with Crippen molar-refractivity contribution in [3.63, 3.8) is 0 Å². The molecule has 12 heteroatoms. The summed E-state index contributed by atoms with van der Waals surface area (Å²) in [5, 5.41) is 27.3. The number of nitrogens with two attached hydrogens (primary N) is 1. The summed E-state index contributed by atoms with van der Waals surface area (Å²) in [4.78, 5) is 65.5. The Balaban J connectivity index is 2.18. The lowest BCUT2D eigenvalue weighted by Crippen LogP contribution is -2.59. The normalized spacial score (nSPS) is 15.7. The third-order valence-electron chi connectivity index (χ3n) is 7.30. The van der Waals surface area contributed by atoms with Gasteiger partial charge in [-0.05, 0) is 36.3 Å². The monoisotopic (exact) mass is 559 g/mol. The number of para-hydroxylation sites is 1. The molecule has 0 aliphatic rings. The third kappa shape index (κ3) is 8.80. The van der Waals surface area contributed by atoms with Crippen molar-refractivity contribution in [2.24, 2.45) is 17.6 Å². The van der Waals surface area contributed by atoms with Crippen LogP contribution in [0.3, 0.4) is 0 Å². The van der Waals surface area contributed by atoms with E-state index in [2.05, 4.69) is 20.9 Å². The number of hydrogen-bond donors (Lipinski definition) is 7. The second-order valence-corrected chi connectivity index (χ2v) is 10.2. The van der Waals surface area contributed by atoms with Gasteiger partial charge >= 0.3 is 11.9 Å². The van der Waals surface area contributed by atoms with Crippen molar-refractivity contribution in [2.45, 2.75) is 84.0 Å². The number of carbonyl (C=O) groups is 5. The van der Waals surface area contributed by atoms with Crippen molar-refractivity contribution in [2.75, 3.05) is 0 Å². The van der Waals surface area contributed by atoms with Crippen LogP contribution in [0.15, 0.2) is 30.5 Å². The maximum Gasteiger partial charge on any atom is 0.326 e. The van der Waals surface area contributed by atoms with Crippen LogP contribution in [0, 0.1) is 11.8 Å². The quantitative estimate of drug-likeness (QED) is 0.160. The highest BCUT2D eigenvalue weighted by Gasteiger charge is 2.33. The Morgan fingerprint density at radius 3 is 2.08 bits per heavy atom. The van der Waals surface area contributed by atoms with Gasteiger partial charge in [-0.2, -0.15) is 0 Å². The smallest absolute Gasteiger partial charge is 0.326 e. The topological polar surface area (TPSA) is 204 Å². The minimum atomic E-state index is -1.32. The first-order chi connectivity index (χ1) is 18.9. The molecule has 0 bridgehead atoms. The average Bonchev–Trinajstić information content (AvgIpc) is 3.33. The van der Waals surface area contributed by atoms with Crippen LogP contribution in [-0.4, -0.2) is 69.0 Å². The van der Waals surface area contributed by atoms with E-state index in [4.69, 9.17) is 10.8 Å². The van der Waals surface area contributed by atoms with E-state index >= 15 is 0 Å². The third-order valence-corrected chi connectivity index (χ3v) is 7.30. The van der Waals surface area contributed by atoms with Crippen LogP contribution in [0.25, 0.3) is 10.9 Å². The van der Waals surface area contributed by atoms with Crippen molar-refractivity contribution in [3.05, 3.63) is 36.0 Å². The average molecular weight is 560 g/mol. The number of H-pyrrole nitrogens is 1. The Morgan fingerprint density at radius 1 is 0.875 bits per heavy atom. The van der Waals surface area contributed by atoms with Gasteiger partial charge in [0.15, 0.2) is 0 Å². The lowest BCUT2D eigenvalue weighted by Gasteiger charge is -2.28. The van der Waals surface area contributed by atoms with Crippen LogP contribution >= 0.6 is 0 Å². The maximum absolute atomic E-state index is 13.3. The van der Waals surface area contributed by atoms with E-state index in [1.54, 1.807) is 27.0 Å². The van der Waals surface area contributed by atoms with Gasteiger partial charge in [-0.1, -0.05) is 58.7 Å². The Labute approximate surface area is 233 Å². The summed E-state index contributed by atoms with van der Waals surface area (Å²) >= 11 is 0. The molecule has 0 radical (unpaired) electrons. The largest absolute Gasteiger partial charge is 0.481 e. The van der Waals surface area contributed by atoms with Gasteiger partial charge in [0, 0.05) is 23.5 Å². The van der Waals surface area contributed by atoms with E-state index in [1.807, 2.05) is 31.2 Å². The highest BCUT2D eigenvalue weighted by molar-refractivity contribution is 5.94.